The van der Waals surface area contributed by atoms with Gasteiger partial charge in [-0.1, -0.05) is 31.4 Å². The van der Waals surface area contributed by atoms with Crippen LogP contribution in [0.15, 0.2) is 24.3 Å². The number of rotatable bonds is 9. The fraction of sp³-hybridized carbons (Fsp3) is 0.556. The van der Waals surface area contributed by atoms with Crippen LogP contribution in [0.5, 0.6) is 0 Å². The SMILES string of the molecule is O=C(O)CCCCCCNC(=O)C1(c2cccc(F)c2)CCC1. The highest BCUT2D eigenvalue weighted by molar-refractivity contribution is 5.89. The molecule has 0 spiro atoms. The Morgan fingerprint density at radius 2 is 1.91 bits per heavy atom. The smallest absolute Gasteiger partial charge is 0.303 e. The van der Waals surface area contributed by atoms with Gasteiger partial charge in [-0.15, -0.1) is 0 Å². The number of carboxylic acids is 1. The van der Waals surface area contributed by atoms with Gasteiger partial charge >= 0.3 is 5.97 Å². The van der Waals surface area contributed by atoms with Gasteiger partial charge in [-0.3, -0.25) is 9.59 Å². The van der Waals surface area contributed by atoms with Crippen molar-refractivity contribution in [2.45, 2.75) is 56.8 Å². The van der Waals surface area contributed by atoms with E-state index in [0.717, 1.165) is 44.1 Å². The van der Waals surface area contributed by atoms with E-state index in [1.807, 2.05) is 6.07 Å². The average molecular weight is 321 g/mol. The van der Waals surface area contributed by atoms with Crippen molar-refractivity contribution < 1.29 is 19.1 Å². The van der Waals surface area contributed by atoms with Crippen LogP contribution in [0, 0.1) is 5.82 Å². The lowest BCUT2D eigenvalue weighted by molar-refractivity contribution is -0.137. The summed E-state index contributed by atoms with van der Waals surface area (Å²) in [5.74, 6) is -1.08. The minimum atomic E-state index is -0.764. The molecule has 0 heterocycles. The van der Waals surface area contributed by atoms with E-state index < -0.39 is 11.4 Å². The summed E-state index contributed by atoms with van der Waals surface area (Å²) in [5, 5.41) is 11.5. The Morgan fingerprint density at radius 3 is 2.52 bits per heavy atom. The maximum Gasteiger partial charge on any atom is 0.303 e. The molecule has 0 bridgehead atoms. The molecule has 0 saturated heterocycles. The van der Waals surface area contributed by atoms with E-state index in [1.54, 1.807) is 6.07 Å². The molecule has 1 aliphatic carbocycles. The molecule has 0 atom stereocenters. The summed E-state index contributed by atoms with van der Waals surface area (Å²) in [6.07, 6.45) is 5.99. The Kier molecular flexibility index (Phi) is 6.13. The second kappa shape index (κ2) is 8.09. The van der Waals surface area contributed by atoms with Crippen LogP contribution in [-0.4, -0.2) is 23.5 Å². The molecule has 1 aromatic rings. The van der Waals surface area contributed by atoms with Gasteiger partial charge in [0, 0.05) is 13.0 Å². The van der Waals surface area contributed by atoms with E-state index in [2.05, 4.69) is 5.32 Å². The summed E-state index contributed by atoms with van der Waals surface area (Å²) in [5.41, 5.74) is 0.202. The van der Waals surface area contributed by atoms with Crippen molar-refractivity contribution in [2.75, 3.05) is 6.54 Å². The van der Waals surface area contributed by atoms with Gasteiger partial charge in [0.25, 0.3) is 0 Å². The quantitative estimate of drug-likeness (QED) is 0.685. The molecule has 5 heteroatoms. The summed E-state index contributed by atoms with van der Waals surface area (Å²) < 4.78 is 13.4. The third-order valence-electron chi connectivity index (χ3n) is 4.62. The number of halogens is 1. The van der Waals surface area contributed by atoms with Gasteiger partial charge in [-0.2, -0.15) is 0 Å². The number of carbonyl (C=O) groups is 2. The van der Waals surface area contributed by atoms with E-state index in [0.29, 0.717) is 13.0 Å². The zero-order chi connectivity index (χ0) is 16.7. The van der Waals surface area contributed by atoms with Crippen molar-refractivity contribution in [1.82, 2.24) is 5.32 Å². The maximum atomic E-state index is 13.4. The van der Waals surface area contributed by atoms with Crippen LogP contribution in [0.3, 0.4) is 0 Å². The Morgan fingerprint density at radius 1 is 1.17 bits per heavy atom. The predicted molar refractivity (Wildman–Crippen MR) is 85.7 cm³/mol. The summed E-state index contributed by atoms with van der Waals surface area (Å²) in [6, 6.07) is 6.34. The summed E-state index contributed by atoms with van der Waals surface area (Å²) in [7, 11) is 0. The fourth-order valence-corrected chi connectivity index (χ4v) is 3.09. The standard InChI is InChI=1S/C18H24FNO3/c19-15-8-5-7-14(13-15)18(10-6-11-18)17(23)20-12-4-2-1-3-9-16(21)22/h5,7-8,13H,1-4,6,9-12H2,(H,20,23)(H,21,22). The van der Waals surface area contributed by atoms with Crippen molar-refractivity contribution >= 4 is 11.9 Å². The van der Waals surface area contributed by atoms with Gasteiger partial charge in [-0.25, -0.2) is 4.39 Å². The second-order valence-corrected chi connectivity index (χ2v) is 6.26. The lowest BCUT2D eigenvalue weighted by Gasteiger charge is -2.40. The minimum Gasteiger partial charge on any atom is -0.481 e. The van der Waals surface area contributed by atoms with Crippen molar-refractivity contribution in [1.29, 1.82) is 0 Å². The fourth-order valence-electron chi connectivity index (χ4n) is 3.09. The molecule has 1 fully saturated rings. The lowest BCUT2D eigenvalue weighted by atomic mass is 9.64. The van der Waals surface area contributed by atoms with Gasteiger partial charge in [0.05, 0.1) is 5.41 Å². The number of hydrogen-bond donors (Lipinski definition) is 2. The van der Waals surface area contributed by atoms with Gasteiger partial charge < -0.3 is 10.4 Å². The molecule has 1 aromatic carbocycles. The summed E-state index contributed by atoms with van der Waals surface area (Å²) in [4.78, 5) is 22.9. The highest BCUT2D eigenvalue weighted by Gasteiger charge is 2.45. The third-order valence-corrected chi connectivity index (χ3v) is 4.62. The number of carboxylic acid groups (broad SMARTS) is 1. The van der Waals surface area contributed by atoms with E-state index in [-0.39, 0.29) is 18.1 Å². The molecule has 0 unspecified atom stereocenters. The molecule has 0 aliphatic heterocycles. The van der Waals surface area contributed by atoms with Crippen LogP contribution in [-0.2, 0) is 15.0 Å². The van der Waals surface area contributed by atoms with Gasteiger partial charge in [0.1, 0.15) is 5.82 Å². The Labute approximate surface area is 136 Å². The van der Waals surface area contributed by atoms with Crippen LogP contribution in [0.4, 0.5) is 4.39 Å². The molecule has 2 N–H and O–H groups in total. The number of amides is 1. The largest absolute Gasteiger partial charge is 0.481 e. The highest BCUT2D eigenvalue weighted by Crippen LogP contribution is 2.44. The van der Waals surface area contributed by atoms with Crippen LogP contribution >= 0.6 is 0 Å². The molecule has 1 saturated carbocycles. The average Bonchev–Trinajstić information content (AvgIpc) is 2.45. The molecule has 23 heavy (non-hydrogen) atoms. The highest BCUT2D eigenvalue weighted by atomic mass is 19.1. The topological polar surface area (TPSA) is 66.4 Å². The van der Waals surface area contributed by atoms with E-state index in [1.165, 1.54) is 12.1 Å². The van der Waals surface area contributed by atoms with Crippen molar-refractivity contribution in [3.63, 3.8) is 0 Å². The first kappa shape index (κ1) is 17.4. The Bertz CT molecular complexity index is 555. The van der Waals surface area contributed by atoms with Crippen molar-refractivity contribution in [3.05, 3.63) is 35.6 Å². The molecule has 0 aromatic heterocycles. The molecule has 0 radical (unpaired) electrons. The summed E-state index contributed by atoms with van der Waals surface area (Å²) >= 11 is 0. The number of carbonyl (C=O) groups excluding carboxylic acids is 1. The van der Waals surface area contributed by atoms with Crippen LogP contribution in [0.1, 0.15) is 56.9 Å². The van der Waals surface area contributed by atoms with Gasteiger partial charge in [-0.05, 0) is 43.4 Å². The van der Waals surface area contributed by atoms with Crippen LogP contribution in [0.2, 0.25) is 0 Å². The molecule has 1 aliphatic rings. The number of hydrogen-bond acceptors (Lipinski definition) is 2. The molecule has 4 nitrogen and oxygen atoms in total. The lowest BCUT2D eigenvalue weighted by Crippen LogP contribution is -2.49. The second-order valence-electron chi connectivity index (χ2n) is 6.26. The first-order valence-electron chi connectivity index (χ1n) is 8.31. The number of aliphatic carboxylic acids is 1. The van der Waals surface area contributed by atoms with Crippen LogP contribution < -0.4 is 5.32 Å². The zero-order valence-electron chi connectivity index (χ0n) is 13.3. The Hall–Kier alpha value is -1.91. The first-order chi connectivity index (χ1) is 11.0. The van der Waals surface area contributed by atoms with E-state index in [4.69, 9.17) is 5.11 Å². The van der Waals surface area contributed by atoms with Gasteiger partial charge in [0.2, 0.25) is 5.91 Å². The third kappa shape index (κ3) is 4.53. The molecule has 2 rings (SSSR count). The number of nitrogens with one attached hydrogen (secondary N) is 1. The van der Waals surface area contributed by atoms with E-state index >= 15 is 0 Å². The first-order valence-corrected chi connectivity index (χ1v) is 8.31. The predicted octanol–water partition coefficient (Wildman–Crippen LogP) is 3.40. The minimum absolute atomic E-state index is 0.0140. The molecule has 1 amide bonds. The zero-order valence-corrected chi connectivity index (χ0v) is 13.3. The maximum absolute atomic E-state index is 13.4. The molecular formula is C18H24FNO3. The van der Waals surface area contributed by atoms with Crippen molar-refractivity contribution in [3.8, 4) is 0 Å². The van der Waals surface area contributed by atoms with Gasteiger partial charge in [0.15, 0.2) is 0 Å². The Balaban J connectivity index is 1.77. The molecule has 126 valence electrons. The summed E-state index contributed by atoms with van der Waals surface area (Å²) in [6.45, 7) is 0.586. The van der Waals surface area contributed by atoms with Crippen LogP contribution in [0.25, 0.3) is 0 Å². The number of unbranched alkanes of at least 4 members (excludes halogenated alkanes) is 3. The number of benzene rings is 1. The van der Waals surface area contributed by atoms with E-state index in [9.17, 15) is 14.0 Å². The molecular weight excluding hydrogens is 297 g/mol. The van der Waals surface area contributed by atoms with Crippen molar-refractivity contribution in [2.24, 2.45) is 0 Å². The normalized spacial score (nSPS) is 15.7. The monoisotopic (exact) mass is 321 g/mol.